The number of nitrogen functional groups attached to an aromatic ring is 1. The fraction of sp³-hybridized carbons (Fsp3) is 0.722. The highest BCUT2D eigenvalue weighted by Crippen LogP contribution is 2.30. The van der Waals surface area contributed by atoms with E-state index in [1.165, 1.54) is 19.4 Å². The van der Waals surface area contributed by atoms with E-state index in [9.17, 15) is 4.79 Å². The first-order valence-electron chi connectivity index (χ1n) is 9.15. The standard InChI is InChI=1S/C18H29N5O2.2ClH/c1-12-17(19)13(2)21-18(20-12)25-11-16(24)22(3)15-6-8-23(9-7-15)10-14-4-5-14;;/h14-15H,4-11,19H2,1-3H3;2*1H. The molecule has 1 aromatic rings. The van der Waals surface area contributed by atoms with E-state index >= 15 is 0 Å². The summed E-state index contributed by atoms with van der Waals surface area (Å²) in [7, 11) is 1.87. The number of amides is 1. The van der Waals surface area contributed by atoms with Crippen LogP contribution in [0.15, 0.2) is 0 Å². The molecule has 0 unspecified atom stereocenters. The largest absolute Gasteiger partial charge is 0.453 e. The second kappa shape index (κ2) is 10.3. The topological polar surface area (TPSA) is 84.6 Å². The zero-order chi connectivity index (χ0) is 18.0. The smallest absolute Gasteiger partial charge is 0.317 e. The Balaban J connectivity index is 0.00000182. The van der Waals surface area contributed by atoms with Gasteiger partial charge in [-0.25, -0.2) is 0 Å². The summed E-state index contributed by atoms with van der Waals surface area (Å²) in [5, 5.41) is 0. The molecule has 1 amide bonds. The van der Waals surface area contributed by atoms with Crippen LogP contribution in [0.1, 0.15) is 37.1 Å². The van der Waals surface area contributed by atoms with Gasteiger partial charge < -0.3 is 20.3 Å². The number of piperidine rings is 1. The average molecular weight is 420 g/mol. The van der Waals surface area contributed by atoms with Crippen LogP contribution in [0.3, 0.4) is 0 Å². The average Bonchev–Trinajstić information content (AvgIpc) is 3.41. The van der Waals surface area contributed by atoms with Gasteiger partial charge in [-0.2, -0.15) is 9.97 Å². The van der Waals surface area contributed by atoms with Gasteiger partial charge in [0.15, 0.2) is 6.61 Å². The summed E-state index contributed by atoms with van der Waals surface area (Å²) >= 11 is 0. The first kappa shape index (κ1) is 23.7. The first-order valence-corrected chi connectivity index (χ1v) is 9.15. The molecule has 27 heavy (non-hydrogen) atoms. The number of nitrogens with zero attached hydrogens (tertiary/aromatic N) is 4. The Labute approximate surface area is 173 Å². The van der Waals surface area contributed by atoms with Crippen molar-refractivity contribution in [2.45, 2.75) is 45.6 Å². The van der Waals surface area contributed by atoms with Crippen LogP contribution >= 0.6 is 24.8 Å². The van der Waals surface area contributed by atoms with E-state index in [0.29, 0.717) is 23.1 Å². The number of likely N-dealkylation sites (N-methyl/N-ethyl adjacent to an activating group) is 1. The molecule has 2 N–H and O–H groups in total. The third-order valence-electron chi connectivity index (χ3n) is 5.34. The zero-order valence-corrected chi connectivity index (χ0v) is 17.9. The SMILES string of the molecule is Cc1nc(OCC(=O)N(C)C2CCN(CC3CC3)CC2)nc(C)c1N.Cl.Cl. The molecule has 0 atom stereocenters. The third kappa shape index (κ3) is 6.36. The maximum Gasteiger partial charge on any atom is 0.317 e. The number of carbonyl (C=O) groups is 1. The lowest BCUT2D eigenvalue weighted by Gasteiger charge is -2.36. The summed E-state index contributed by atoms with van der Waals surface area (Å²) in [5.41, 5.74) is 7.75. The van der Waals surface area contributed by atoms with E-state index in [-0.39, 0.29) is 43.3 Å². The lowest BCUT2D eigenvalue weighted by atomic mass is 10.0. The van der Waals surface area contributed by atoms with Crippen molar-refractivity contribution in [3.8, 4) is 6.01 Å². The Morgan fingerprint density at radius 2 is 1.70 bits per heavy atom. The molecular formula is C18H31Cl2N5O2. The number of nitrogens with two attached hydrogens (primary N) is 1. The number of aromatic nitrogens is 2. The number of carbonyl (C=O) groups excluding carboxylic acids is 1. The Bertz CT molecular complexity index is 611. The number of likely N-dealkylation sites (tertiary alicyclic amines) is 1. The van der Waals surface area contributed by atoms with Crippen molar-refractivity contribution in [3.63, 3.8) is 0 Å². The van der Waals surface area contributed by atoms with Gasteiger partial charge in [-0.1, -0.05) is 0 Å². The van der Waals surface area contributed by atoms with Crippen LogP contribution in [0.5, 0.6) is 6.01 Å². The van der Waals surface area contributed by atoms with Crippen LogP contribution in [0.25, 0.3) is 0 Å². The highest BCUT2D eigenvalue weighted by molar-refractivity contribution is 5.85. The number of rotatable bonds is 6. The molecule has 0 bridgehead atoms. The minimum absolute atomic E-state index is 0. The minimum Gasteiger partial charge on any atom is -0.453 e. The molecule has 0 aromatic carbocycles. The lowest BCUT2D eigenvalue weighted by Crippen LogP contribution is -2.47. The molecule has 0 radical (unpaired) electrons. The van der Waals surface area contributed by atoms with Crippen LogP contribution < -0.4 is 10.5 Å². The second-order valence-electron chi connectivity index (χ2n) is 7.36. The van der Waals surface area contributed by atoms with E-state index in [2.05, 4.69) is 14.9 Å². The molecule has 1 aliphatic heterocycles. The molecule has 154 valence electrons. The second-order valence-corrected chi connectivity index (χ2v) is 7.36. The zero-order valence-electron chi connectivity index (χ0n) is 16.3. The summed E-state index contributed by atoms with van der Waals surface area (Å²) in [6.07, 6.45) is 4.85. The quantitative estimate of drug-likeness (QED) is 0.760. The molecule has 1 saturated carbocycles. The maximum absolute atomic E-state index is 12.4. The van der Waals surface area contributed by atoms with Gasteiger partial charge in [0.1, 0.15) is 0 Å². The number of hydrogen-bond acceptors (Lipinski definition) is 6. The van der Waals surface area contributed by atoms with Crippen molar-refractivity contribution in [2.24, 2.45) is 5.92 Å². The molecule has 2 fully saturated rings. The number of aryl methyl sites for hydroxylation is 2. The van der Waals surface area contributed by atoms with E-state index in [0.717, 1.165) is 31.8 Å². The number of hydrogen-bond donors (Lipinski definition) is 1. The van der Waals surface area contributed by atoms with Crippen LogP contribution in [0.4, 0.5) is 5.69 Å². The summed E-state index contributed by atoms with van der Waals surface area (Å²) < 4.78 is 5.50. The van der Waals surface area contributed by atoms with Gasteiger partial charge in [0.25, 0.3) is 5.91 Å². The molecule has 1 aromatic heterocycles. The number of ether oxygens (including phenoxy) is 1. The highest BCUT2D eigenvalue weighted by atomic mass is 35.5. The number of anilines is 1. The van der Waals surface area contributed by atoms with Gasteiger partial charge in [-0.3, -0.25) is 4.79 Å². The molecule has 0 spiro atoms. The van der Waals surface area contributed by atoms with Crippen LogP contribution in [-0.2, 0) is 4.79 Å². The molecule has 9 heteroatoms. The van der Waals surface area contributed by atoms with Crippen molar-refractivity contribution in [3.05, 3.63) is 11.4 Å². The normalized spacial score (nSPS) is 17.6. The van der Waals surface area contributed by atoms with Gasteiger partial charge in [0.05, 0.1) is 17.1 Å². The van der Waals surface area contributed by atoms with Crippen LogP contribution in [-0.4, -0.2) is 65.0 Å². The van der Waals surface area contributed by atoms with E-state index in [4.69, 9.17) is 10.5 Å². The van der Waals surface area contributed by atoms with Crippen LogP contribution in [0, 0.1) is 19.8 Å². The Morgan fingerprint density at radius 1 is 1.15 bits per heavy atom. The predicted molar refractivity (Wildman–Crippen MR) is 111 cm³/mol. The van der Waals surface area contributed by atoms with Crippen LogP contribution in [0.2, 0.25) is 0 Å². The van der Waals surface area contributed by atoms with Crippen molar-refractivity contribution in [2.75, 3.05) is 39.0 Å². The van der Waals surface area contributed by atoms with Gasteiger partial charge in [0.2, 0.25) is 0 Å². The maximum atomic E-state index is 12.4. The van der Waals surface area contributed by atoms with Crippen molar-refractivity contribution in [1.29, 1.82) is 0 Å². The Kier molecular flexibility index (Phi) is 9.05. The van der Waals surface area contributed by atoms with Gasteiger partial charge in [0, 0.05) is 32.7 Å². The Morgan fingerprint density at radius 3 is 2.22 bits per heavy atom. The van der Waals surface area contributed by atoms with Gasteiger partial charge in [-0.05, 0) is 45.4 Å². The summed E-state index contributed by atoms with van der Waals surface area (Å²) in [5.74, 6) is 0.896. The molecule has 1 aliphatic carbocycles. The lowest BCUT2D eigenvalue weighted by molar-refractivity contribution is -0.135. The van der Waals surface area contributed by atoms with E-state index < -0.39 is 0 Å². The van der Waals surface area contributed by atoms with E-state index in [1.807, 2.05) is 11.9 Å². The molecule has 2 heterocycles. The molecule has 1 saturated heterocycles. The number of halogens is 2. The van der Waals surface area contributed by atoms with Crippen molar-refractivity contribution >= 4 is 36.4 Å². The first-order chi connectivity index (χ1) is 11.9. The minimum atomic E-state index is -0.0401. The highest BCUT2D eigenvalue weighted by Gasteiger charge is 2.29. The Hall–Kier alpha value is -1.31. The summed E-state index contributed by atoms with van der Waals surface area (Å²) in [6.45, 7) is 6.97. The molecule has 3 rings (SSSR count). The monoisotopic (exact) mass is 419 g/mol. The molecular weight excluding hydrogens is 389 g/mol. The summed E-state index contributed by atoms with van der Waals surface area (Å²) in [4.78, 5) is 25.2. The summed E-state index contributed by atoms with van der Waals surface area (Å²) in [6, 6.07) is 0.507. The van der Waals surface area contributed by atoms with Gasteiger partial charge >= 0.3 is 6.01 Å². The molecule has 2 aliphatic rings. The van der Waals surface area contributed by atoms with Gasteiger partial charge in [-0.15, -0.1) is 24.8 Å². The third-order valence-corrected chi connectivity index (χ3v) is 5.34. The fourth-order valence-electron chi connectivity index (χ4n) is 3.35. The predicted octanol–water partition coefficient (Wildman–Crippen LogP) is 2.23. The van der Waals surface area contributed by atoms with Crippen molar-refractivity contribution < 1.29 is 9.53 Å². The molecule has 7 nitrogen and oxygen atoms in total. The fourth-order valence-corrected chi connectivity index (χ4v) is 3.35. The van der Waals surface area contributed by atoms with Crippen molar-refractivity contribution in [1.82, 2.24) is 19.8 Å². The van der Waals surface area contributed by atoms with E-state index in [1.54, 1.807) is 13.8 Å².